The van der Waals surface area contributed by atoms with Crippen molar-refractivity contribution in [2.24, 2.45) is 5.14 Å². The van der Waals surface area contributed by atoms with E-state index in [1.54, 1.807) is 0 Å². The van der Waals surface area contributed by atoms with Crippen molar-refractivity contribution >= 4 is 17.6 Å². The molecule has 1 aromatic carbocycles. The van der Waals surface area contributed by atoms with E-state index in [4.69, 9.17) is 5.14 Å². The van der Waals surface area contributed by atoms with Gasteiger partial charge in [0.1, 0.15) is 5.82 Å². The maximum absolute atomic E-state index is 13.2. The molecule has 0 unspecified atom stereocenters. The first-order valence-electron chi connectivity index (χ1n) is 3.74. The van der Waals surface area contributed by atoms with Crippen LogP contribution in [-0.2, 0) is 6.42 Å². The number of nitrogens with two attached hydrogens (primary N) is 1. The summed E-state index contributed by atoms with van der Waals surface area (Å²) in [6, 6.07) is 3.37. The van der Waals surface area contributed by atoms with Gasteiger partial charge in [0.05, 0.1) is 0 Å². The third-order valence-electron chi connectivity index (χ3n) is 2.00. The van der Waals surface area contributed by atoms with Gasteiger partial charge in [0.25, 0.3) is 0 Å². The molecule has 4 heteroatoms. The standard InChI is InChI=1S/C8H9FN2S/c9-7-3-5(12-10)4-8-6(7)1-2-11-8/h3-4,11H,1-2,10H2. The highest BCUT2D eigenvalue weighted by Gasteiger charge is 2.15. The highest BCUT2D eigenvalue weighted by molar-refractivity contribution is 7.97. The Morgan fingerprint density at radius 1 is 1.50 bits per heavy atom. The van der Waals surface area contributed by atoms with Crippen molar-refractivity contribution < 1.29 is 4.39 Å². The topological polar surface area (TPSA) is 38.0 Å². The zero-order chi connectivity index (χ0) is 8.55. The van der Waals surface area contributed by atoms with Gasteiger partial charge in [0.15, 0.2) is 0 Å². The summed E-state index contributed by atoms with van der Waals surface area (Å²) in [7, 11) is 0. The van der Waals surface area contributed by atoms with Crippen LogP contribution in [-0.4, -0.2) is 6.54 Å². The third-order valence-corrected chi connectivity index (χ3v) is 2.50. The second-order valence-corrected chi connectivity index (χ2v) is 3.43. The van der Waals surface area contributed by atoms with Gasteiger partial charge in [-0.15, -0.1) is 0 Å². The number of hydrogen-bond acceptors (Lipinski definition) is 3. The average molecular weight is 184 g/mol. The molecule has 64 valence electrons. The number of nitrogens with one attached hydrogen (secondary N) is 1. The highest BCUT2D eigenvalue weighted by atomic mass is 32.2. The zero-order valence-corrected chi connectivity index (χ0v) is 7.25. The molecule has 1 aromatic rings. The molecule has 1 aliphatic rings. The van der Waals surface area contributed by atoms with Gasteiger partial charge in [-0.2, -0.15) is 0 Å². The van der Waals surface area contributed by atoms with Crippen molar-refractivity contribution in [1.82, 2.24) is 0 Å². The summed E-state index contributed by atoms with van der Waals surface area (Å²) in [5, 5.41) is 8.44. The average Bonchev–Trinajstić information content (AvgIpc) is 2.52. The van der Waals surface area contributed by atoms with Crippen LogP contribution >= 0.6 is 11.9 Å². The van der Waals surface area contributed by atoms with Gasteiger partial charge in [-0.25, -0.2) is 4.39 Å². The maximum atomic E-state index is 13.2. The number of rotatable bonds is 1. The van der Waals surface area contributed by atoms with Gasteiger partial charge in [0, 0.05) is 22.7 Å². The van der Waals surface area contributed by atoms with Crippen molar-refractivity contribution in [1.29, 1.82) is 0 Å². The normalized spacial score (nSPS) is 14.2. The second-order valence-electron chi connectivity index (χ2n) is 2.73. The van der Waals surface area contributed by atoms with Gasteiger partial charge in [-0.1, -0.05) is 0 Å². The van der Waals surface area contributed by atoms with E-state index in [9.17, 15) is 4.39 Å². The number of hydrogen-bond donors (Lipinski definition) is 2. The fraction of sp³-hybridized carbons (Fsp3) is 0.250. The molecule has 0 bridgehead atoms. The van der Waals surface area contributed by atoms with Crippen LogP contribution in [0, 0.1) is 5.82 Å². The Bertz CT molecular complexity index is 314. The van der Waals surface area contributed by atoms with Crippen molar-refractivity contribution in [2.45, 2.75) is 11.3 Å². The van der Waals surface area contributed by atoms with E-state index < -0.39 is 0 Å². The molecule has 1 heterocycles. The minimum absolute atomic E-state index is 0.148. The summed E-state index contributed by atoms with van der Waals surface area (Å²) in [5.41, 5.74) is 1.68. The van der Waals surface area contributed by atoms with Crippen molar-refractivity contribution in [3.8, 4) is 0 Å². The maximum Gasteiger partial charge on any atom is 0.129 e. The van der Waals surface area contributed by atoms with Crippen molar-refractivity contribution in [3.63, 3.8) is 0 Å². The third kappa shape index (κ3) is 1.17. The molecule has 0 spiro atoms. The smallest absolute Gasteiger partial charge is 0.129 e. The molecule has 3 N–H and O–H groups in total. The summed E-state index contributed by atoms with van der Waals surface area (Å²) in [4.78, 5) is 0.764. The molecule has 2 rings (SSSR count). The molecule has 0 aromatic heterocycles. The number of anilines is 1. The highest BCUT2D eigenvalue weighted by Crippen LogP contribution is 2.29. The molecule has 0 fully saturated rings. The predicted octanol–water partition coefficient (Wildman–Crippen LogP) is 1.76. The van der Waals surface area contributed by atoms with E-state index in [1.807, 2.05) is 6.07 Å². The van der Waals surface area contributed by atoms with Gasteiger partial charge in [-0.05, 0) is 30.5 Å². The van der Waals surface area contributed by atoms with Gasteiger partial charge >= 0.3 is 0 Å². The Morgan fingerprint density at radius 2 is 2.33 bits per heavy atom. The number of halogens is 1. The van der Waals surface area contributed by atoms with Crippen LogP contribution in [0.15, 0.2) is 17.0 Å². The molecule has 2 nitrogen and oxygen atoms in total. The lowest BCUT2D eigenvalue weighted by Crippen LogP contribution is -1.91. The second kappa shape index (κ2) is 2.95. The molecule has 0 aliphatic carbocycles. The van der Waals surface area contributed by atoms with E-state index in [0.29, 0.717) is 0 Å². The number of fused-ring (bicyclic) bond motifs is 1. The largest absolute Gasteiger partial charge is 0.384 e. The van der Waals surface area contributed by atoms with Gasteiger partial charge in [0.2, 0.25) is 0 Å². The quantitative estimate of drug-likeness (QED) is 0.653. The van der Waals surface area contributed by atoms with Crippen LogP contribution in [0.25, 0.3) is 0 Å². The Hall–Kier alpha value is -0.740. The number of benzene rings is 1. The minimum Gasteiger partial charge on any atom is -0.384 e. The lowest BCUT2D eigenvalue weighted by molar-refractivity contribution is 0.612. The molecule has 0 saturated carbocycles. The molecule has 0 radical (unpaired) electrons. The predicted molar refractivity (Wildman–Crippen MR) is 48.6 cm³/mol. The van der Waals surface area contributed by atoms with Crippen LogP contribution < -0.4 is 10.5 Å². The van der Waals surface area contributed by atoms with Crippen LogP contribution in [0.4, 0.5) is 10.1 Å². The summed E-state index contributed by atoms with van der Waals surface area (Å²) < 4.78 is 13.2. The van der Waals surface area contributed by atoms with E-state index in [2.05, 4.69) is 5.32 Å². The Kier molecular flexibility index (Phi) is 1.94. The van der Waals surface area contributed by atoms with Crippen LogP contribution in [0.3, 0.4) is 0 Å². The van der Waals surface area contributed by atoms with Gasteiger partial charge < -0.3 is 5.32 Å². The summed E-state index contributed by atoms with van der Waals surface area (Å²) in [5.74, 6) is -0.148. The Labute approximate surface area is 74.5 Å². The molecule has 0 atom stereocenters. The zero-order valence-electron chi connectivity index (χ0n) is 6.43. The van der Waals surface area contributed by atoms with E-state index >= 15 is 0 Å². The summed E-state index contributed by atoms with van der Waals surface area (Å²) in [6.45, 7) is 0.824. The molecular weight excluding hydrogens is 175 g/mol. The van der Waals surface area contributed by atoms with Crippen molar-refractivity contribution in [2.75, 3.05) is 11.9 Å². The van der Waals surface area contributed by atoms with Crippen molar-refractivity contribution in [3.05, 3.63) is 23.5 Å². The molecule has 1 aliphatic heterocycles. The minimum atomic E-state index is -0.148. The monoisotopic (exact) mass is 184 g/mol. The molecule has 0 amide bonds. The fourth-order valence-electron chi connectivity index (χ4n) is 1.41. The lowest BCUT2D eigenvalue weighted by atomic mass is 10.1. The van der Waals surface area contributed by atoms with Crippen LogP contribution in [0.2, 0.25) is 0 Å². The first kappa shape index (κ1) is 7.89. The van der Waals surface area contributed by atoms with Gasteiger partial charge in [-0.3, -0.25) is 5.14 Å². The fourth-order valence-corrected chi connectivity index (χ4v) is 1.77. The molecule has 12 heavy (non-hydrogen) atoms. The first-order chi connectivity index (χ1) is 5.81. The SMILES string of the molecule is NSc1cc(F)c2c(c1)NCC2. The first-order valence-corrected chi connectivity index (χ1v) is 4.62. The summed E-state index contributed by atoms with van der Waals surface area (Å²) >= 11 is 1.07. The molecule has 0 saturated heterocycles. The Morgan fingerprint density at radius 3 is 3.08 bits per heavy atom. The van der Waals surface area contributed by atoms with Crippen LogP contribution in [0.1, 0.15) is 5.56 Å². The van der Waals surface area contributed by atoms with Crippen LogP contribution in [0.5, 0.6) is 0 Å². The van der Waals surface area contributed by atoms with E-state index in [1.165, 1.54) is 6.07 Å². The summed E-state index contributed by atoms with van der Waals surface area (Å²) in [6.07, 6.45) is 0.774. The lowest BCUT2D eigenvalue weighted by Gasteiger charge is -2.03. The van der Waals surface area contributed by atoms with E-state index in [-0.39, 0.29) is 5.82 Å². The Balaban J connectivity index is 2.51. The molecular formula is C8H9FN2S. The van der Waals surface area contributed by atoms with E-state index in [0.717, 1.165) is 41.1 Å².